The van der Waals surface area contributed by atoms with Crippen LogP contribution in [0.1, 0.15) is 16.7 Å². The second kappa shape index (κ2) is 4.48. The number of fused-ring (bicyclic) bond motifs is 1. The minimum Gasteiger partial charge on any atom is -0.493 e. The molecule has 1 aromatic carbocycles. The highest BCUT2D eigenvalue weighted by molar-refractivity contribution is 7.10. The summed E-state index contributed by atoms with van der Waals surface area (Å²) in [7, 11) is 1.60. The number of benzene rings is 1. The van der Waals surface area contributed by atoms with Gasteiger partial charge in [0, 0.05) is 10.3 Å². The van der Waals surface area contributed by atoms with Gasteiger partial charge in [0.1, 0.15) is 11.9 Å². The Bertz CT molecular complexity index is 655. The maximum Gasteiger partial charge on any atom is 0.176 e. The Labute approximate surface area is 108 Å². The van der Waals surface area contributed by atoms with Gasteiger partial charge in [-0.25, -0.2) is 0 Å². The second-order valence-corrected chi connectivity index (χ2v) is 4.92. The van der Waals surface area contributed by atoms with E-state index in [4.69, 9.17) is 9.15 Å². The molecular weight excluding hydrogens is 248 g/mol. The van der Waals surface area contributed by atoms with Crippen LogP contribution in [0.25, 0.3) is 11.0 Å². The summed E-state index contributed by atoms with van der Waals surface area (Å²) in [5, 5.41) is 13.1. The molecule has 2 aromatic heterocycles. The lowest BCUT2D eigenvalue weighted by atomic mass is 10.2. The molecule has 92 valence electrons. The summed E-state index contributed by atoms with van der Waals surface area (Å²) >= 11 is 1.50. The fraction of sp³-hybridized carbons (Fsp3) is 0.143. The number of furan rings is 1. The number of hydrogen-bond donors (Lipinski definition) is 1. The van der Waals surface area contributed by atoms with Gasteiger partial charge in [0.25, 0.3) is 0 Å². The van der Waals surface area contributed by atoms with Gasteiger partial charge in [0.2, 0.25) is 0 Å². The summed E-state index contributed by atoms with van der Waals surface area (Å²) < 4.78 is 10.9. The Balaban J connectivity index is 2.08. The van der Waals surface area contributed by atoms with Crippen LogP contribution in [0.4, 0.5) is 0 Å². The molecule has 1 N–H and O–H groups in total. The van der Waals surface area contributed by atoms with E-state index in [2.05, 4.69) is 0 Å². The first-order valence-electron chi connectivity index (χ1n) is 5.57. The maximum absolute atomic E-state index is 10.2. The van der Waals surface area contributed by atoms with Crippen molar-refractivity contribution in [2.75, 3.05) is 7.11 Å². The zero-order valence-electron chi connectivity index (χ0n) is 9.79. The third-order valence-corrected chi connectivity index (χ3v) is 3.75. The van der Waals surface area contributed by atoms with Gasteiger partial charge in [-0.3, -0.25) is 0 Å². The lowest BCUT2D eigenvalue weighted by molar-refractivity contribution is 0.195. The molecule has 2 heterocycles. The molecule has 0 radical (unpaired) electrons. The number of hydrogen-bond acceptors (Lipinski definition) is 4. The Morgan fingerprint density at radius 2 is 2.17 bits per heavy atom. The van der Waals surface area contributed by atoms with Gasteiger partial charge in [0.15, 0.2) is 11.3 Å². The van der Waals surface area contributed by atoms with Gasteiger partial charge < -0.3 is 14.3 Å². The second-order valence-electron chi connectivity index (χ2n) is 3.95. The molecule has 3 rings (SSSR count). The summed E-state index contributed by atoms with van der Waals surface area (Å²) in [6.07, 6.45) is -0.720. The van der Waals surface area contributed by atoms with E-state index in [1.165, 1.54) is 11.3 Å². The first-order valence-corrected chi connectivity index (χ1v) is 6.45. The molecule has 3 aromatic rings. The van der Waals surface area contributed by atoms with Crippen LogP contribution in [0.15, 0.2) is 46.2 Å². The molecule has 0 amide bonds. The van der Waals surface area contributed by atoms with Crippen molar-refractivity contribution in [2.24, 2.45) is 0 Å². The Morgan fingerprint density at radius 3 is 2.89 bits per heavy atom. The molecular formula is C14H12O3S. The van der Waals surface area contributed by atoms with Gasteiger partial charge in [-0.2, -0.15) is 0 Å². The zero-order chi connectivity index (χ0) is 12.5. The van der Waals surface area contributed by atoms with E-state index in [9.17, 15) is 5.11 Å². The number of methoxy groups -OCH3 is 1. The highest BCUT2D eigenvalue weighted by atomic mass is 32.1. The van der Waals surface area contributed by atoms with E-state index in [0.717, 1.165) is 10.3 Å². The number of rotatable bonds is 3. The topological polar surface area (TPSA) is 42.6 Å². The predicted molar refractivity (Wildman–Crippen MR) is 71.1 cm³/mol. The first kappa shape index (κ1) is 11.3. The van der Waals surface area contributed by atoms with E-state index >= 15 is 0 Å². The third-order valence-electron chi connectivity index (χ3n) is 2.83. The zero-order valence-corrected chi connectivity index (χ0v) is 10.6. The fourth-order valence-electron chi connectivity index (χ4n) is 1.94. The number of aliphatic hydroxyl groups is 1. The lowest BCUT2D eigenvalue weighted by Gasteiger charge is -2.03. The predicted octanol–water partition coefficient (Wildman–Crippen LogP) is 3.58. The van der Waals surface area contributed by atoms with E-state index in [1.807, 2.05) is 41.8 Å². The number of aliphatic hydroxyl groups excluding tert-OH is 1. The average Bonchev–Trinajstić information content (AvgIpc) is 3.05. The molecule has 0 saturated carbocycles. The lowest BCUT2D eigenvalue weighted by Crippen LogP contribution is -1.93. The molecule has 0 aliphatic carbocycles. The van der Waals surface area contributed by atoms with E-state index < -0.39 is 6.10 Å². The first-order chi connectivity index (χ1) is 8.79. The monoisotopic (exact) mass is 260 g/mol. The molecule has 0 aliphatic rings. The van der Waals surface area contributed by atoms with Gasteiger partial charge in [0.05, 0.1) is 7.11 Å². The summed E-state index contributed by atoms with van der Waals surface area (Å²) in [4.78, 5) is 0.869. The fourth-order valence-corrected chi connectivity index (χ4v) is 2.66. The van der Waals surface area contributed by atoms with Crippen molar-refractivity contribution in [2.45, 2.75) is 6.10 Å². The molecule has 0 saturated heterocycles. The molecule has 4 heteroatoms. The molecule has 1 atom stereocenters. The quantitative estimate of drug-likeness (QED) is 0.782. The van der Waals surface area contributed by atoms with Crippen LogP contribution in [0, 0.1) is 0 Å². The Hall–Kier alpha value is -1.78. The molecule has 0 spiro atoms. The van der Waals surface area contributed by atoms with Crippen LogP contribution in [-0.2, 0) is 0 Å². The van der Waals surface area contributed by atoms with Crippen LogP contribution < -0.4 is 4.74 Å². The van der Waals surface area contributed by atoms with Gasteiger partial charge in [-0.15, -0.1) is 11.3 Å². The molecule has 0 unspecified atom stereocenters. The average molecular weight is 260 g/mol. The van der Waals surface area contributed by atoms with Gasteiger partial charge >= 0.3 is 0 Å². The SMILES string of the molecule is COc1cccc2cc([C@H](O)c3cccs3)oc12. The smallest absolute Gasteiger partial charge is 0.176 e. The molecule has 0 fully saturated rings. The van der Waals surface area contributed by atoms with E-state index in [0.29, 0.717) is 17.1 Å². The van der Waals surface area contributed by atoms with Crippen molar-refractivity contribution in [3.05, 3.63) is 52.4 Å². The molecule has 18 heavy (non-hydrogen) atoms. The van der Waals surface area contributed by atoms with Crippen LogP contribution in [0.3, 0.4) is 0 Å². The summed E-state index contributed by atoms with van der Waals surface area (Å²) in [5.41, 5.74) is 0.672. The van der Waals surface area contributed by atoms with Crippen LogP contribution in [-0.4, -0.2) is 12.2 Å². The number of ether oxygens (including phenoxy) is 1. The van der Waals surface area contributed by atoms with Gasteiger partial charge in [-0.1, -0.05) is 18.2 Å². The Kier molecular flexibility index (Phi) is 2.81. The van der Waals surface area contributed by atoms with Crippen LogP contribution in [0.2, 0.25) is 0 Å². The normalized spacial score (nSPS) is 12.8. The maximum atomic E-state index is 10.2. The van der Waals surface area contributed by atoms with Crippen molar-refractivity contribution in [3.63, 3.8) is 0 Å². The summed E-state index contributed by atoms with van der Waals surface area (Å²) in [6, 6.07) is 11.3. The van der Waals surface area contributed by atoms with Crippen molar-refractivity contribution < 1.29 is 14.3 Å². The van der Waals surface area contributed by atoms with Crippen molar-refractivity contribution in [1.82, 2.24) is 0 Å². The molecule has 3 nitrogen and oxygen atoms in total. The standard InChI is InChI=1S/C14H12O3S/c1-16-10-5-2-4-9-8-11(17-14(9)10)13(15)12-6-3-7-18-12/h2-8,13,15H,1H3/t13-/m0/s1. The summed E-state index contributed by atoms with van der Waals surface area (Å²) in [5.74, 6) is 1.22. The number of para-hydroxylation sites is 1. The highest BCUT2D eigenvalue weighted by Gasteiger charge is 2.17. The van der Waals surface area contributed by atoms with E-state index in [1.54, 1.807) is 7.11 Å². The summed E-state index contributed by atoms with van der Waals surface area (Å²) in [6.45, 7) is 0. The van der Waals surface area contributed by atoms with E-state index in [-0.39, 0.29) is 0 Å². The molecule has 0 aliphatic heterocycles. The van der Waals surface area contributed by atoms with Crippen molar-refractivity contribution in [1.29, 1.82) is 0 Å². The highest BCUT2D eigenvalue weighted by Crippen LogP contribution is 2.34. The molecule has 0 bridgehead atoms. The van der Waals surface area contributed by atoms with Gasteiger partial charge in [-0.05, 0) is 23.6 Å². The number of thiophene rings is 1. The van der Waals surface area contributed by atoms with Crippen molar-refractivity contribution >= 4 is 22.3 Å². The van der Waals surface area contributed by atoms with Crippen LogP contribution in [0.5, 0.6) is 5.75 Å². The largest absolute Gasteiger partial charge is 0.493 e. The third kappa shape index (κ3) is 1.79. The Morgan fingerprint density at radius 1 is 1.28 bits per heavy atom. The van der Waals surface area contributed by atoms with Crippen molar-refractivity contribution in [3.8, 4) is 5.75 Å². The minimum atomic E-state index is -0.720. The minimum absolute atomic E-state index is 0.539. The van der Waals surface area contributed by atoms with Crippen LogP contribution >= 0.6 is 11.3 Å².